The monoisotopic (exact) mass is 562 g/mol. The van der Waals surface area contributed by atoms with Crippen LogP contribution in [-0.4, -0.2) is 59.8 Å². The second-order valence-electron chi connectivity index (χ2n) is 10.0. The van der Waals surface area contributed by atoms with Gasteiger partial charge in [0.05, 0.1) is 35.0 Å². The fourth-order valence-corrected chi connectivity index (χ4v) is 5.03. The number of carbonyl (C=O) groups is 3. The van der Waals surface area contributed by atoms with Crippen LogP contribution >= 0.6 is 0 Å². The Morgan fingerprint density at radius 2 is 1.80 bits per heavy atom. The van der Waals surface area contributed by atoms with Gasteiger partial charge in [-0.25, -0.2) is 0 Å². The lowest BCUT2D eigenvalue weighted by Crippen LogP contribution is -2.60. The predicted molar refractivity (Wildman–Crippen MR) is 143 cm³/mol. The molecule has 3 amide bonds. The van der Waals surface area contributed by atoms with E-state index in [-0.39, 0.29) is 49.0 Å². The molecule has 1 fully saturated rings. The van der Waals surface area contributed by atoms with Crippen molar-refractivity contribution in [3.63, 3.8) is 0 Å². The summed E-state index contributed by atoms with van der Waals surface area (Å²) in [6.07, 6.45) is -4.51. The minimum Gasteiger partial charge on any atom is -0.483 e. The predicted octanol–water partition coefficient (Wildman–Crippen LogP) is 4.55. The van der Waals surface area contributed by atoms with Crippen LogP contribution in [0.25, 0.3) is 11.1 Å². The van der Waals surface area contributed by atoms with Crippen molar-refractivity contribution in [2.24, 2.45) is 0 Å². The Morgan fingerprint density at radius 3 is 2.54 bits per heavy atom. The molecule has 3 aromatic rings. The first-order valence-electron chi connectivity index (χ1n) is 12.8. The van der Waals surface area contributed by atoms with Gasteiger partial charge in [0.2, 0.25) is 5.91 Å². The van der Waals surface area contributed by atoms with Crippen molar-refractivity contribution in [2.75, 3.05) is 31.6 Å². The number of piperazine rings is 1. The smallest absolute Gasteiger partial charge is 0.416 e. The molecule has 1 N–H and O–H groups in total. The van der Waals surface area contributed by atoms with Crippen molar-refractivity contribution in [3.05, 3.63) is 82.4 Å². The molecule has 0 aromatic heterocycles. The molecule has 0 radical (unpaired) electrons. The minimum absolute atomic E-state index is 0.0420. The van der Waals surface area contributed by atoms with Crippen LogP contribution < -0.4 is 10.1 Å². The molecule has 0 spiro atoms. The molecule has 41 heavy (non-hydrogen) atoms. The number of benzene rings is 3. The van der Waals surface area contributed by atoms with E-state index >= 15 is 0 Å². The number of amides is 3. The van der Waals surface area contributed by atoms with Crippen molar-refractivity contribution in [2.45, 2.75) is 26.1 Å². The van der Waals surface area contributed by atoms with Gasteiger partial charge in [-0.15, -0.1) is 0 Å². The topological polar surface area (TPSA) is 103 Å². The van der Waals surface area contributed by atoms with Gasteiger partial charge in [-0.1, -0.05) is 18.2 Å². The Kier molecular flexibility index (Phi) is 7.17. The van der Waals surface area contributed by atoms with Crippen molar-refractivity contribution in [1.82, 2.24) is 9.80 Å². The zero-order valence-corrected chi connectivity index (χ0v) is 22.2. The normalized spacial score (nSPS) is 16.7. The lowest BCUT2D eigenvalue weighted by Gasteiger charge is -2.39. The molecule has 1 unspecified atom stereocenters. The molecule has 2 aliphatic heterocycles. The highest BCUT2D eigenvalue weighted by Crippen LogP contribution is 2.34. The zero-order valence-electron chi connectivity index (χ0n) is 22.2. The van der Waals surface area contributed by atoms with Gasteiger partial charge in [0.1, 0.15) is 11.8 Å². The number of carbonyl (C=O) groups excluding carboxylic acids is 3. The number of alkyl halides is 3. The van der Waals surface area contributed by atoms with Crippen molar-refractivity contribution >= 4 is 23.4 Å². The third-order valence-electron chi connectivity index (χ3n) is 7.32. The molecular weight excluding hydrogens is 537 g/mol. The molecule has 5 rings (SSSR count). The number of rotatable bonds is 4. The molecule has 210 valence electrons. The summed E-state index contributed by atoms with van der Waals surface area (Å²) >= 11 is 0. The Bertz CT molecular complexity index is 1610. The molecule has 1 saturated heterocycles. The van der Waals surface area contributed by atoms with E-state index in [1.165, 1.54) is 34.1 Å². The molecule has 0 bridgehead atoms. The lowest BCUT2D eigenvalue weighted by molar-refractivity contribution is -0.138. The van der Waals surface area contributed by atoms with Crippen LogP contribution in [0.4, 0.5) is 18.9 Å². The van der Waals surface area contributed by atoms with Gasteiger partial charge in [-0.05, 0) is 72.5 Å². The van der Waals surface area contributed by atoms with E-state index in [4.69, 9.17) is 4.74 Å². The minimum atomic E-state index is -4.51. The highest BCUT2D eigenvalue weighted by molar-refractivity contribution is 6.10. The number of ether oxygens (including phenoxy) is 1. The van der Waals surface area contributed by atoms with Gasteiger partial charge < -0.3 is 19.9 Å². The summed E-state index contributed by atoms with van der Waals surface area (Å²) in [6, 6.07) is 13.9. The van der Waals surface area contributed by atoms with Crippen LogP contribution in [0.3, 0.4) is 0 Å². The van der Waals surface area contributed by atoms with Crippen LogP contribution in [-0.2, 0) is 15.8 Å². The summed E-state index contributed by atoms with van der Waals surface area (Å²) in [5, 5.41) is 11.9. The van der Waals surface area contributed by atoms with Gasteiger partial charge in [-0.2, -0.15) is 18.4 Å². The van der Waals surface area contributed by atoms with E-state index in [2.05, 4.69) is 11.4 Å². The van der Waals surface area contributed by atoms with E-state index in [1.54, 1.807) is 32.0 Å². The number of anilines is 1. The van der Waals surface area contributed by atoms with Gasteiger partial charge in [-0.3, -0.25) is 14.4 Å². The second-order valence-corrected chi connectivity index (χ2v) is 10.0. The number of nitrogens with zero attached hydrogens (tertiary/aromatic N) is 3. The number of aryl methyl sites for hydroxylation is 2. The van der Waals surface area contributed by atoms with Gasteiger partial charge >= 0.3 is 6.18 Å². The third kappa shape index (κ3) is 5.45. The summed E-state index contributed by atoms with van der Waals surface area (Å²) in [6.45, 7) is 3.48. The molecule has 8 nitrogen and oxygen atoms in total. The standard InChI is InChI=1S/C30H25F3N4O4/c1-17-11-26(18(2)10-21(17)14-34)41-16-27(38)36-8-9-37-25(15-36)28(39)35-24-7-6-20(13-23(24)29(37)40)19-4-3-5-22(12-19)30(31,32)33/h3-7,10-13,25H,8-9,15-16H2,1-2H3,(H,35,39). The van der Waals surface area contributed by atoms with Crippen molar-refractivity contribution < 1.29 is 32.3 Å². The molecule has 11 heteroatoms. The first-order valence-corrected chi connectivity index (χ1v) is 12.8. The number of hydrogen-bond acceptors (Lipinski definition) is 5. The summed E-state index contributed by atoms with van der Waals surface area (Å²) in [4.78, 5) is 42.5. The quantitative estimate of drug-likeness (QED) is 0.503. The Hall–Kier alpha value is -4.85. The maximum absolute atomic E-state index is 13.5. The number of halogens is 3. The lowest BCUT2D eigenvalue weighted by atomic mass is 9.99. The fraction of sp³-hybridized carbons (Fsp3) is 0.267. The number of nitrogens with one attached hydrogen (secondary N) is 1. The fourth-order valence-electron chi connectivity index (χ4n) is 5.03. The maximum atomic E-state index is 13.5. The summed E-state index contributed by atoms with van der Waals surface area (Å²) < 4.78 is 45.4. The Morgan fingerprint density at radius 1 is 1.05 bits per heavy atom. The highest BCUT2D eigenvalue weighted by atomic mass is 19.4. The number of nitriles is 1. The van der Waals surface area contributed by atoms with Gasteiger partial charge in [0.15, 0.2) is 6.61 Å². The molecule has 2 heterocycles. The zero-order chi connectivity index (χ0) is 29.5. The number of fused-ring (bicyclic) bond motifs is 2. The average molecular weight is 563 g/mol. The first kappa shape index (κ1) is 27.7. The van der Waals surface area contributed by atoms with Crippen LogP contribution in [0, 0.1) is 25.2 Å². The molecule has 3 aromatic carbocycles. The van der Waals surface area contributed by atoms with E-state index in [9.17, 15) is 32.8 Å². The largest absolute Gasteiger partial charge is 0.483 e. The van der Waals surface area contributed by atoms with E-state index in [0.717, 1.165) is 17.7 Å². The SMILES string of the molecule is Cc1cc(OCC(=O)N2CCN3C(=O)c4cc(-c5cccc(C(F)(F)F)c5)ccc4NC(=O)C3C2)c(C)cc1C#N. The molecule has 1 atom stereocenters. The summed E-state index contributed by atoms with van der Waals surface area (Å²) in [5.74, 6) is -0.812. The Labute approximate surface area is 233 Å². The van der Waals surface area contributed by atoms with Gasteiger partial charge in [0.25, 0.3) is 11.8 Å². The number of hydrogen-bond donors (Lipinski definition) is 1. The molecule has 0 aliphatic carbocycles. The van der Waals surface area contributed by atoms with E-state index in [1.807, 2.05) is 0 Å². The van der Waals surface area contributed by atoms with Crippen LogP contribution in [0.5, 0.6) is 5.75 Å². The van der Waals surface area contributed by atoms with E-state index in [0.29, 0.717) is 22.4 Å². The summed E-state index contributed by atoms with van der Waals surface area (Å²) in [5.41, 5.74) is 2.23. The third-order valence-corrected chi connectivity index (χ3v) is 7.32. The second kappa shape index (κ2) is 10.6. The van der Waals surface area contributed by atoms with Crippen LogP contribution in [0.2, 0.25) is 0 Å². The maximum Gasteiger partial charge on any atom is 0.416 e. The van der Waals surface area contributed by atoms with Crippen molar-refractivity contribution in [3.8, 4) is 22.9 Å². The molecule has 2 aliphatic rings. The van der Waals surface area contributed by atoms with Crippen LogP contribution in [0.1, 0.15) is 32.6 Å². The van der Waals surface area contributed by atoms with Crippen molar-refractivity contribution in [1.29, 1.82) is 5.26 Å². The average Bonchev–Trinajstić information content (AvgIpc) is 3.06. The van der Waals surface area contributed by atoms with Gasteiger partial charge in [0, 0.05) is 13.1 Å². The van der Waals surface area contributed by atoms with E-state index < -0.39 is 29.6 Å². The molecular formula is C30H25F3N4O4. The summed E-state index contributed by atoms with van der Waals surface area (Å²) in [7, 11) is 0. The highest BCUT2D eigenvalue weighted by Gasteiger charge is 2.40. The first-order chi connectivity index (χ1) is 19.5. The van der Waals surface area contributed by atoms with Crippen LogP contribution in [0.15, 0.2) is 54.6 Å². The molecule has 0 saturated carbocycles. The Balaban J connectivity index is 1.32.